The highest BCUT2D eigenvalue weighted by Crippen LogP contribution is 2.33. The number of rotatable bonds is 3. The van der Waals surface area contributed by atoms with Crippen LogP contribution in [0.1, 0.15) is 6.42 Å². The van der Waals surface area contributed by atoms with Gasteiger partial charge in [0.25, 0.3) is 0 Å². The molecule has 0 radical (unpaired) electrons. The summed E-state index contributed by atoms with van der Waals surface area (Å²) in [6.07, 6.45) is -0.0634. The molecule has 4 nitrogen and oxygen atoms in total. The summed E-state index contributed by atoms with van der Waals surface area (Å²) in [5, 5.41) is 0. The summed E-state index contributed by atoms with van der Waals surface area (Å²) >= 11 is 3.04. The van der Waals surface area contributed by atoms with Gasteiger partial charge in [-0.3, -0.25) is 4.79 Å². The van der Waals surface area contributed by atoms with E-state index in [1.807, 2.05) is 0 Å². The van der Waals surface area contributed by atoms with Crippen molar-refractivity contribution in [3.8, 4) is 0 Å². The van der Waals surface area contributed by atoms with Crippen molar-refractivity contribution in [2.45, 2.75) is 6.42 Å². The standard InChI is InChI=1S/C11H10BrF2NO3S/c12-11-8(13)2-1-3-9(11)15-5-7(4-10(15)16)6-19(14,17)18/h1-3,7H,4-6H2. The van der Waals surface area contributed by atoms with E-state index in [-0.39, 0.29) is 23.3 Å². The minimum absolute atomic E-state index is 0.0596. The Kier molecular flexibility index (Phi) is 3.91. The molecule has 1 aromatic rings. The minimum atomic E-state index is -4.62. The summed E-state index contributed by atoms with van der Waals surface area (Å²) < 4.78 is 47.3. The fourth-order valence-electron chi connectivity index (χ4n) is 2.11. The lowest BCUT2D eigenvalue weighted by atomic mass is 10.1. The summed E-state index contributed by atoms with van der Waals surface area (Å²) in [6, 6.07) is 4.22. The monoisotopic (exact) mass is 353 g/mol. The van der Waals surface area contributed by atoms with Crippen LogP contribution < -0.4 is 4.90 Å². The summed E-state index contributed by atoms with van der Waals surface area (Å²) in [6.45, 7) is 0.0596. The zero-order valence-corrected chi connectivity index (χ0v) is 12.0. The van der Waals surface area contributed by atoms with Crippen molar-refractivity contribution >= 4 is 37.7 Å². The van der Waals surface area contributed by atoms with Crippen LogP contribution in [0.5, 0.6) is 0 Å². The summed E-state index contributed by atoms with van der Waals surface area (Å²) in [4.78, 5) is 13.1. The maximum atomic E-state index is 13.4. The quantitative estimate of drug-likeness (QED) is 0.783. The normalized spacial score (nSPS) is 20.1. The second-order valence-electron chi connectivity index (χ2n) is 4.35. The third kappa shape index (κ3) is 3.30. The van der Waals surface area contributed by atoms with Crippen LogP contribution in [0.3, 0.4) is 0 Å². The summed E-state index contributed by atoms with van der Waals surface area (Å²) in [5.74, 6) is -2.17. The van der Waals surface area contributed by atoms with Crippen LogP contribution in [0.4, 0.5) is 14.0 Å². The zero-order chi connectivity index (χ0) is 14.2. The van der Waals surface area contributed by atoms with E-state index in [4.69, 9.17) is 0 Å². The minimum Gasteiger partial charge on any atom is -0.311 e. The molecule has 0 aliphatic carbocycles. The molecule has 104 valence electrons. The Morgan fingerprint density at radius 1 is 1.42 bits per heavy atom. The van der Waals surface area contributed by atoms with Gasteiger partial charge in [0.2, 0.25) is 5.91 Å². The third-order valence-electron chi connectivity index (χ3n) is 2.86. The maximum Gasteiger partial charge on any atom is 0.302 e. The molecule has 0 saturated carbocycles. The first-order valence-corrected chi connectivity index (χ1v) is 7.79. The highest BCUT2D eigenvalue weighted by molar-refractivity contribution is 9.10. The topological polar surface area (TPSA) is 54.5 Å². The summed E-state index contributed by atoms with van der Waals surface area (Å²) in [5.41, 5.74) is 0.323. The van der Waals surface area contributed by atoms with Crippen molar-refractivity contribution < 1.29 is 21.5 Å². The molecule has 8 heteroatoms. The molecule has 1 aliphatic heterocycles. The molecular weight excluding hydrogens is 344 g/mol. The van der Waals surface area contributed by atoms with Crippen LogP contribution in [-0.2, 0) is 15.0 Å². The van der Waals surface area contributed by atoms with Gasteiger partial charge in [0.15, 0.2) is 0 Å². The van der Waals surface area contributed by atoms with Gasteiger partial charge >= 0.3 is 10.2 Å². The van der Waals surface area contributed by atoms with Gasteiger partial charge in [-0.1, -0.05) is 6.07 Å². The van der Waals surface area contributed by atoms with Gasteiger partial charge in [0.1, 0.15) is 5.82 Å². The van der Waals surface area contributed by atoms with Gasteiger partial charge in [-0.2, -0.15) is 8.42 Å². The van der Waals surface area contributed by atoms with Crippen LogP contribution in [0.2, 0.25) is 0 Å². The average molecular weight is 354 g/mol. The molecule has 19 heavy (non-hydrogen) atoms. The molecule has 1 atom stereocenters. The van der Waals surface area contributed by atoms with E-state index in [1.165, 1.54) is 23.1 Å². The molecule has 1 aliphatic rings. The van der Waals surface area contributed by atoms with Crippen LogP contribution in [0.15, 0.2) is 22.7 Å². The zero-order valence-electron chi connectivity index (χ0n) is 9.64. The smallest absolute Gasteiger partial charge is 0.302 e. The predicted molar refractivity (Wildman–Crippen MR) is 69.5 cm³/mol. The lowest BCUT2D eigenvalue weighted by molar-refractivity contribution is -0.117. The number of hydrogen-bond donors (Lipinski definition) is 0. The van der Waals surface area contributed by atoms with E-state index in [2.05, 4.69) is 15.9 Å². The Morgan fingerprint density at radius 3 is 2.74 bits per heavy atom. The first-order valence-electron chi connectivity index (χ1n) is 5.44. The van der Waals surface area contributed by atoms with Gasteiger partial charge in [-0.25, -0.2) is 4.39 Å². The fourth-order valence-corrected chi connectivity index (χ4v) is 3.37. The maximum absolute atomic E-state index is 13.4. The molecule has 1 amide bonds. The SMILES string of the molecule is O=C1CC(CS(=O)(=O)F)CN1c1cccc(F)c1Br. The average Bonchev–Trinajstić information content (AvgIpc) is 2.61. The molecule has 1 unspecified atom stereocenters. The Morgan fingerprint density at radius 2 is 2.11 bits per heavy atom. The van der Waals surface area contributed by atoms with Gasteiger partial charge in [-0.15, -0.1) is 3.89 Å². The van der Waals surface area contributed by atoms with Crippen molar-refractivity contribution in [3.63, 3.8) is 0 Å². The van der Waals surface area contributed by atoms with E-state index in [0.29, 0.717) is 5.69 Å². The first-order chi connectivity index (χ1) is 8.78. The number of halogens is 3. The summed E-state index contributed by atoms with van der Waals surface area (Å²) in [7, 11) is -4.62. The first kappa shape index (κ1) is 14.4. The van der Waals surface area contributed by atoms with Gasteiger partial charge in [-0.05, 0) is 28.1 Å². The van der Waals surface area contributed by atoms with Crippen molar-refractivity contribution in [1.82, 2.24) is 0 Å². The molecule has 0 aromatic heterocycles. The second-order valence-corrected chi connectivity index (χ2v) is 6.56. The highest BCUT2D eigenvalue weighted by Gasteiger charge is 2.34. The lowest BCUT2D eigenvalue weighted by Crippen LogP contribution is -2.25. The van der Waals surface area contributed by atoms with E-state index < -0.39 is 27.7 Å². The fraction of sp³-hybridized carbons (Fsp3) is 0.364. The Labute approximate surface area is 117 Å². The molecule has 1 aromatic carbocycles. The lowest BCUT2D eigenvalue weighted by Gasteiger charge is -2.18. The molecule has 1 saturated heterocycles. The van der Waals surface area contributed by atoms with Crippen molar-refractivity contribution in [3.05, 3.63) is 28.5 Å². The molecule has 1 heterocycles. The number of carbonyl (C=O) groups is 1. The Bertz CT molecular complexity index is 620. The van der Waals surface area contributed by atoms with Crippen LogP contribution in [0, 0.1) is 11.7 Å². The van der Waals surface area contributed by atoms with Crippen molar-refractivity contribution in [2.24, 2.45) is 5.92 Å². The van der Waals surface area contributed by atoms with E-state index >= 15 is 0 Å². The van der Waals surface area contributed by atoms with Crippen LogP contribution in [-0.4, -0.2) is 26.6 Å². The number of hydrogen-bond acceptors (Lipinski definition) is 3. The Hall–Kier alpha value is -1.02. The second kappa shape index (κ2) is 5.16. The molecule has 0 bridgehead atoms. The number of carbonyl (C=O) groups excluding carboxylic acids is 1. The molecule has 0 N–H and O–H groups in total. The molecule has 1 fully saturated rings. The largest absolute Gasteiger partial charge is 0.311 e. The van der Waals surface area contributed by atoms with E-state index in [0.717, 1.165) is 0 Å². The molecule has 0 spiro atoms. The van der Waals surface area contributed by atoms with Gasteiger partial charge in [0.05, 0.1) is 15.9 Å². The third-order valence-corrected chi connectivity index (χ3v) is 4.52. The van der Waals surface area contributed by atoms with Crippen LogP contribution in [0.25, 0.3) is 0 Å². The Balaban J connectivity index is 2.23. The number of benzene rings is 1. The number of nitrogens with zero attached hydrogens (tertiary/aromatic N) is 1. The number of anilines is 1. The van der Waals surface area contributed by atoms with Crippen LogP contribution >= 0.6 is 15.9 Å². The van der Waals surface area contributed by atoms with Gasteiger partial charge in [0, 0.05) is 18.9 Å². The van der Waals surface area contributed by atoms with Crippen molar-refractivity contribution in [2.75, 3.05) is 17.2 Å². The molecule has 2 rings (SSSR count). The molecular formula is C11H10BrF2NO3S. The van der Waals surface area contributed by atoms with E-state index in [9.17, 15) is 21.5 Å². The predicted octanol–water partition coefficient (Wildman–Crippen LogP) is 2.24. The highest BCUT2D eigenvalue weighted by atomic mass is 79.9. The number of amides is 1. The van der Waals surface area contributed by atoms with Gasteiger partial charge < -0.3 is 4.90 Å². The van der Waals surface area contributed by atoms with Crippen molar-refractivity contribution in [1.29, 1.82) is 0 Å². The van der Waals surface area contributed by atoms with E-state index in [1.54, 1.807) is 0 Å².